The van der Waals surface area contributed by atoms with E-state index in [2.05, 4.69) is 20.6 Å². The van der Waals surface area contributed by atoms with Gasteiger partial charge in [0.1, 0.15) is 50.0 Å². The molecule has 2 atom stereocenters. The predicted molar refractivity (Wildman–Crippen MR) is 112 cm³/mol. The van der Waals surface area contributed by atoms with Crippen molar-refractivity contribution in [2.24, 2.45) is 0 Å². The van der Waals surface area contributed by atoms with E-state index in [4.69, 9.17) is 9.47 Å². The number of aliphatic hydroxyl groups is 2. The van der Waals surface area contributed by atoms with E-state index in [1.807, 2.05) is 48.8 Å². The Bertz CT molecular complexity index is 778. The molecule has 2 heterocycles. The van der Waals surface area contributed by atoms with E-state index < -0.39 is 12.2 Å². The highest BCUT2D eigenvalue weighted by molar-refractivity contribution is 5.31. The SMILES string of the molecule is O[C@H](CNc1cccc[nH+]1)COc1ccc(OC[C@H](O)CNc2cccc[nH+]2)cc1. The summed E-state index contributed by atoms with van der Waals surface area (Å²) in [6.07, 6.45) is 2.32. The van der Waals surface area contributed by atoms with Crippen LogP contribution in [-0.2, 0) is 0 Å². The summed E-state index contributed by atoms with van der Waals surface area (Å²) < 4.78 is 11.2. The molecular formula is C22H28N4O4+2. The molecule has 3 rings (SSSR count). The normalized spacial score (nSPS) is 12.6. The largest absolute Gasteiger partial charge is 0.491 e. The van der Waals surface area contributed by atoms with E-state index in [1.54, 1.807) is 24.3 Å². The standard InChI is InChI=1S/C22H26N4O4/c27-17(13-25-21-5-1-3-11-23-21)15-29-19-7-9-20(10-8-19)30-16-18(28)14-26-22-6-2-4-12-24-22/h1-12,17-18,27-28H,13-16H2,(H,23,25)(H,24,26)/p+2/t17-,18-/m1/s1. The van der Waals surface area contributed by atoms with Gasteiger partial charge in [-0.15, -0.1) is 0 Å². The fourth-order valence-electron chi connectivity index (χ4n) is 2.60. The number of nitrogens with one attached hydrogen (secondary N) is 4. The number of anilines is 2. The number of aliphatic hydroxyl groups excluding tert-OH is 2. The van der Waals surface area contributed by atoms with Crippen LogP contribution < -0.4 is 30.1 Å². The first-order valence-corrected chi connectivity index (χ1v) is 9.82. The van der Waals surface area contributed by atoms with Gasteiger partial charge in [-0.2, -0.15) is 0 Å². The number of aromatic nitrogens is 2. The van der Waals surface area contributed by atoms with Crippen molar-refractivity contribution in [3.63, 3.8) is 0 Å². The van der Waals surface area contributed by atoms with E-state index in [0.717, 1.165) is 11.6 Å². The Morgan fingerprint density at radius 1 is 0.667 bits per heavy atom. The summed E-state index contributed by atoms with van der Waals surface area (Å²) in [5.41, 5.74) is 0. The van der Waals surface area contributed by atoms with Crippen LogP contribution in [0.15, 0.2) is 73.1 Å². The molecule has 0 aliphatic heterocycles. The fraction of sp³-hybridized carbons (Fsp3) is 0.273. The van der Waals surface area contributed by atoms with Crippen molar-refractivity contribution in [2.75, 3.05) is 36.9 Å². The lowest BCUT2D eigenvalue weighted by Gasteiger charge is -2.13. The highest BCUT2D eigenvalue weighted by atomic mass is 16.5. The topological polar surface area (TPSA) is 111 Å². The van der Waals surface area contributed by atoms with Crippen LogP contribution in [0.5, 0.6) is 11.5 Å². The maximum absolute atomic E-state index is 10.0. The molecule has 0 fully saturated rings. The minimum absolute atomic E-state index is 0.168. The van der Waals surface area contributed by atoms with Crippen LogP contribution in [0, 0.1) is 0 Å². The van der Waals surface area contributed by atoms with Gasteiger partial charge in [-0.1, -0.05) is 12.1 Å². The molecule has 0 spiro atoms. The average molecular weight is 412 g/mol. The van der Waals surface area contributed by atoms with Gasteiger partial charge < -0.3 is 19.7 Å². The predicted octanol–water partition coefficient (Wildman–Crippen LogP) is 1.02. The summed E-state index contributed by atoms with van der Waals surface area (Å²) in [6.45, 7) is 1.07. The summed E-state index contributed by atoms with van der Waals surface area (Å²) in [7, 11) is 0. The molecule has 30 heavy (non-hydrogen) atoms. The highest BCUT2D eigenvalue weighted by Crippen LogP contribution is 2.18. The van der Waals surface area contributed by atoms with E-state index in [1.165, 1.54) is 0 Å². The maximum Gasteiger partial charge on any atom is 0.272 e. The Balaban J connectivity index is 1.33. The molecule has 0 aliphatic rings. The van der Waals surface area contributed by atoms with Gasteiger partial charge in [-0.3, -0.25) is 10.6 Å². The van der Waals surface area contributed by atoms with Crippen LogP contribution in [-0.4, -0.2) is 48.7 Å². The Morgan fingerprint density at radius 2 is 1.10 bits per heavy atom. The van der Waals surface area contributed by atoms with Crippen LogP contribution in [0.1, 0.15) is 0 Å². The monoisotopic (exact) mass is 412 g/mol. The fourth-order valence-corrected chi connectivity index (χ4v) is 2.60. The minimum Gasteiger partial charge on any atom is -0.491 e. The van der Waals surface area contributed by atoms with E-state index in [-0.39, 0.29) is 13.2 Å². The molecule has 8 nitrogen and oxygen atoms in total. The summed E-state index contributed by atoms with van der Waals surface area (Å²) in [5.74, 6) is 2.93. The zero-order valence-electron chi connectivity index (χ0n) is 16.6. The first-order valence-electron chi connectivity index (χ1n) is 9.82. The van der Waals surface area contributed by atoms with Crippen molar-refractivity contribution < 1.29 is 29.7 Å². The van der Waals surface area contributed by atoms with Gasteiger partial charge in [0.2, 0.25) is 0 Å². The molecule has 0 saturated heterocycles. The summed E-state index contributed by atoms with van der Waals surface area (Å²) >= 11 is 0. The number of rotatable bonds is 12. The number of ether oxygens (including phenoxy) is 2. The van der Waals surface area contributed by atoms with Gasteiger partial charge in [0.25, 0.3) is 11.6 Å². The Hall–Kier alpha value is -3.36. The Labute approximate surface area is 175 Å². The molecule has 0 unspecified atom stereocenters. The van der Waals surface area contributed by atoms with Gasteiger partial charge in [0.05, 0.1) is 12.4 Å². The molecule has 0 aliphatic carbocycles. The molecule has 2 aromatic heterocycles. The molecule has 1 aromatic carbocycles. The van der Waals surface area contributed by atoms with Gasteiger partial charge >= 0.3 is 0 Å². The molecule has 0 amide bonds. The molecule has 0 radical (unpaired) electrons. The number of pyridine rings is 2. The highest BCUT2D eigenvalue weighted by Gasteiger charge is 2.11. The van der Waals surface area contributed by atoms with Crippen molar-refractivity contribution in [3.8, 4) is 11.5 Å². The van der Waals surface area contributed by atoms with Crippen LogP contribution in [0.4, 0.5) is 11.6 Å². The third-order valence-corrected chi connectivity index (χ3v) is 4.18. The summed E-state index contributed by atoms with van der Waals surface area (Å²) in [4.78, 5) is 6.08. The molecule has 0 bridgehead atoms. The second-order valence-electron chi connectivity index (χ2n) is 6.72. The van der Waals surface area contributed by atoms with Crippen molar-refractivity contribution in [3.05, 3.63) is 73.1 Å². The lowest BCUT2D eigenvalue weighted by atomic mass is 10.3. The van der Waals surface area contributed by atoms with E-state index >= 15 is 0 Å². The lowest BCUT2D eigenvalue weighted by Crippen LogP contribution is -2.28. The van der Waals surface area contributed by atoms with E-state index in [9.17, 15) is 10.2 Å². The zero-order valence-corrected chi connectivity index (χ0v) is 16.6. The Kier molecular flexibility index (Phi) is 8.25. The quantitative estimate of drug-likeness (QED) is 0.353. The molecule has 3 aromatic rings. The van der Waals surface area contributed by atoms with Gasteiger partial charge in [0.15, 0.2) is 0 Å². The third kappa shape index (κ3) is 7.57. The Morgan fingerprint density at radius 3 is 1.47 bits per heavy atom. The molecule has 8 heteroatoms. The second kappa shape index (κ2) is 11.6. The minimum atomic E-state index is -0.654. The van der Waals surface area contributed by atoms with Gasteiger partial charge in [-0.25, -0.2) is 9.97 Å². The second-order valence-corrected chi connectivity index (χ2v) is 6.72. The maximum atomic E-state index is 10.0. The number of hydrogen-bond donors (Lipinski definition) is 4. The molecule has 6 N–H and O–H groups in total. The van der Waals surface area contributed by atoms with Crippen LogP contribution >= 0.6 is 0 Å². The van der Waals surface area contributed by atoms with Crippen molar-refractivity contribution >= 4 is 11.6 Å². The molecule has 0 saturated carbocycles. The molecule has 158 valence electrons. The summed E-state index contributed by atoms with van der Waals surface area (Å²) in [5, 5.41) is 26.3. The van der Waals surface area contributed by atoms with Crippen molar-refractivity contribution in [1.82, 2.24) is 0 Å². The molecular weight excluding hydrogens is 384 g/mol. The summed E-state index contributed by atoms with van der Waals surface area (Å²) in [6, 6.07) is 18.4. The van der Waals surface area contributed by atoms with Crippen molar-refractivity contribution in [2.45, 2.75) is 12.2 Å². The van der Waals surface area contributed by atoms with E-state index in [0.29, 0.717) is 24.6 Å². The van der Waals surface area contributed by atoms with Crippen LogP contribution in [0.25, 0.3) is 0 Å². The first kappa shape index (κ1) is 21.4. The smallest absolute Gasteiger partial charge is 0.272 e. The van der Waals surface area contributed by atoms with Crippen LogP contribution in [0.2, 0.25) is 0 Å². The van der Waals surface area contributed by atoms with Gasteiger partial charge in [0, 0.05) is 12.1 Å². The van der Waals surface area contributed by atoms with Crippen molar-refractivity contribution in [1.29, 1.82) is 0 Å². The number of H-pyrrole nitrogens is 2. The lowest BCUT2D eigenvalue weighted by molar-refractivity contribution is -0.361. The number of aromatic amines is 2. The third-order valence-electron chi connectivity index (χ3n) is 4.18. The van der Waals surface area contributed by atoms with Crippen LogP contribution in [0.3, 0.4) is 0 Å². The first-order chi connectivity index (χ1) is 14.7. The zero-order chi connectivity index (χ0) is 21.0. The number of benzene rings is 1. The number of hydrogen-bond acceptors (Lipinski definition) is 6. The average Bonchev–Trinajstić information content (AvgIpc) is 2.80. The van der Waals surface area contributed by atoms with Gasteiger partial charge in [-0.05, 0) is 36.4 Å².